The monoisotopic (exact) mass is 383 g/mol. The van der Waals surface area contributed by atoms with E-state index in [2.05, 4.69) is 44.3 Å². The number of rotatable bonds is 8. The number of hydrogen-bond acceptors (Lipinski definition) is 3. The maximum atomic E-state index is 12.4. The van der Waals surface area contributed by atoms with E-state index >= 15 is 0 Å². The first-order valence-corrected chi connectivity index (χ1v) is 9.95. The van der Waals surface area contributed by atoms with Crippen LogP contribution in [0, 0.1) is 13.8 Å². The fourth-order valence-corrected chi connectivity index (χ4v) is 2.99. The Morgan fingerprint density at radius 3 is 2.14 bits per heavy atom. The first kappa shape index (κ1) is 21.8. The molecular formula is C24H33NO3. The average molecular weight is 384 g/mol. The molecule has 152 valence electrons. The lowest BCUT2D eigenvalue weighted by Crippen LogP contribution is -2.39. The third-order valence-electron chi connectivity index (χ3n) is 4.53. The summed E-state index contributed by atoms with van der Waals surface area (Å²) < 4.78 is 11.6. The molecule has 1 atom stereocenters. The van der Waals surface area contributed by atoms with Crippen LogP contribution in [-0.2, 0) is 10.2 Å². The zero-order valence-corrected chi connectivity index (χ0v) is 18.0. The first-order chi connectivity index (χ1) is 13.2. The molecule has 0 aliphatic heterocycles. The van der Waals surface area contributed by atoms with Crippen LogP contribution in [0.3, 0.4) is 0 Å². The third kappa shape index (κ3) is 6.59. The number of aryl methyl sites for hydroxylation is 2. The van der Waals surface area contributed by atoms with Crippen molar-refractivity contribution >= 4 is 5.91 Å². The Morgan fingerprint density at radius 2 is 1.61 bits per heavy atom. The van der Waals surface area contributed by atoms with Gasteiger partial charge >= 0.3 is 0 Å². The van der Waals surface area contributed by atoms with E-state index in [-0.39, 0.29) is 11.3 Å². The second-order valence-electron chi connectivity index (χ2n) is 8.25. The fraction of sp³-hybridized carbons (Fsp3) is 0.458. The lowest BCUT2D eigenvalue weighted by molar-refractivity contribution is -0.128. The molecule has 1 N–H and O–H groups in total. The highest BCUT2D eigenvalue weighted by Gasteiger charge is 2.19. The molecule has 28 heavy (non-hydrogen) atoms. The maximum Gasteiger partial charge on any atom is 0.261 e. The minimum Gasteiger partial charge on any atom is -0.492 e. The molecule has 0 saturated heterocycles. The molecule has 0 aromatic heterocycles. The molecule has 4 nitrogen and oxygen atoms in total. The summed E-state index contributed by atoms with van der Waals surface area (Å²) in [6.07, 6.45) is 0.0897. The van der Waals surface area contributed by atoms with Gasteiger partial charge in [-0.1, -0.05) is 45.9 Å². The van der Waals surface area contributed by atoms with Gasteiger partial charge in [0.05, 0.1) is 6.54 Å². The van der Waals surface area contributed by atoms with Gasteiger partial charge in [-0.15, -0.1) is 0 Å². The van der Waals surface area contributed by atoms with Gasteiger partial charge in [0, 0.05) is 0 Å². The van der Waals surface area contributed by atoms with Crippen LogP contribution in [-0.4, -0.2) is 25.2 Å². The summed E-state index contributed by atoms with van der Waals surface area (Å²) in [4.78, 5) is 12.4. The van der Waals surface area contributed by atoms with E-state index in [1.165, 1.54) is 5.56 Å². The molecule has 4 heteroatoms. The van der Waals surface area contributed by atoms with E-state index in [0.717, 1.165) is 16.9 Å². The SMILES string of the molecule is CCC(Oc1ccc(C(C)(C)C)cc1)C(=O)NCCOc1cc(C)cc(C)c1. The van der Waals surface area contributed by atoms with Crippen LogP contribution in [0.5, 0.6) is 11.5 Å². The molecule has 0 bridgehead atoms. The van der Waals surface area contributed by atoms with Crippen molar-refractivity contribution in [3.8, 4) is 11.5 Å². The second kappa shape index (κ2) is 9.63. The number of ether oxygens (including phenoxy) is 2. The minimum absolute atomic E-state index is 0.0932. The molecule has 0 aliphatic rings. The van der Waals surface area contributed by atoms with Crippen molar-refractivity contribution in [3.63, 3.8) is 0 Å². The number of benzene rings is 2. The van der Waals surface area contributed by atoms with Gasteiger partial charge in [0.25, 0.3) is 5.91 Å². The number of carbonyl (C=O) groups is 1. The van der Waals surface area contributed by atoms with Crippen LogP contribution in [0.15, 0.2) is 42.5 Å². The molecular weight excluding hydrogens is 350 g/mol. The maximum absolute atomic E-state index is 12.4. The molecule has 1 amide bonds. The van der Waals surface area contributed by atoms with E-state index in [4.69, 9.17) is 9.47 Å². The van der Waals surface area contributed by atoms with Gasteiger partial charge in [-0.2, -0.15) is 0 Å². The average Bonchev–Trinajstić information content (AvgIpc) is 2.62. The van der Waals surface area contributed by atoms with Crippen LogP contribution in [0.2, 0.25) is 0 Å². The summed E-state index contributed by atoms with van der Waals surface area (Å²) in [5.41, 5.74) is 3.66. The quantitative estimate of drug-likeness (QED) is 0.656. The Hall–Kier alpha value is -2.49. The molecule has 2 aromatic rings. The van der Waals surface area contributed by atoms with Crippen LogP contribution in [0.4, 0.5) is 0 Å². The summed E-state index contributed by atoms with van der Waals surface area (Å²) in [7, 11) is 0. The largest absolute Gasteiger partial charge is 0.492 e. The highest BCUT2D eigenvalue weighted by molar-refractivity contribution is 5.81. The standard InChI is InChI=1S/C24H33NO3/c1-7-22(28-20-10-8-19(9-11-20)24(4,5)6)23(26)25-12-13-27-21-15-17(2)14-18(3)16-21/h8-11,14-16,22H,7,12-13H2,1-6H3,(H,25,26). The van der Waals surface area contributed by atoms with Gasteiger partial charge in [-0.05, 0) is 66.6 Å². The Kier molecular flexibility index (Phi) is 7.50. The molecule has 0 saturated carbocycles. The van der Waals surface area contributed by atoms with Gasteiger partial charge in [0.15, 0.2) is 6.10 Å². The molecule has 0 radical (unpaired) electrons. The van der Waals surface area contributed by atoms with Crippen LogP contribution < -0.4 is 14.8 Å². The van der Waals surface area contributed by atoms with Crippen LogP contribution >= 0.6 is 0 Å². The second-order valence-corrected chi connectivity index (χ2v) is 8.25. The van der Waals surface area contributed by atoms with Gasteiger partial charge in [-0.25, -0.2) is 0 Å². The van der Waals surface area contributed by atoms with Gasteiger partial charge < -0.3 is 14.8 Å². The third-order valence-corrected chi connectivity index (χ3v) is 4.53. The molecule has 0 heterocycles. The van der Waals surface area contributed by atoms with Gasteiger partial charge in [0.1, 0.15) is 18.1 Å². The minimum atomic E-state index is -0.512. The topological polar surface area (TPSA) is 47.6 Å². The molecule has 0 fully saturated rings. The molecule has 0 aliphatic carbocycles. The Bertz CT molecular complexity index is 755. The first-order valence-electron chi connectivity index (χ1n) is 9.95. The van der Waals surface area contributed by atoms with E-state index in [1.807, 2.05) is 45.0 Å². The Balaban J connectivity index is 1.82. The van der Waals surface area contributed by atoms with Crippen LogP contribution in [0.1, 0.15) is 50.8 Å². The summed E-state index contributed by atoms with van der Waals surface area (Å²) in [5, 5.41) is 2.90. The predicted octanol–water partition coefficient (Wildman–Crippen LogP) is 4.95. The fourth-order valence-electron chi connectivity index (χ4n) is 2.99. The molecule has 2 aromatic carbocycles. The molecule has 2 rings (SSSR count). The van der Waals surface area contributed by atoms with E-state index < -0.39 is 6.10 Å². The van der Waals surface area contributed by atoms with Crippen molar-refractivity contribution in [1.29, 1.82) is 0 Å². The Morgan fingerprint density at radius 1 is 1.00 bits per heavy atom. The zero-order chi connectivity index (χ0) is 20.7. The van der Waals surface area contributed by atoms with Crippen molar-refractivity contribution < 1.29 is 14.3 Å². The molecule has 0 spiro atoms. The van der Waals surface area contributed by atoms with Crippen molar-refractivity contribution in [3.05, 3.63) is 59.2 Å². The smallest absolute Gasteiger partial charge is 0.261 e. The van der Waals surface area contributed by atoms with Crippen molar-refractivity contribution in [2.45, 2.75) is 59.5 Å². The zero-order valence-electron chi connectivity index (χ0n) is 18.0. The van der Waals surface area contributed by atoms with Gasteiger partial charge in [0.2, 0.25) is 0 Å². The van der Waals surface area contributed by atoms with Crippen molar-refractivity contribution in [1.82, 2.24) is 5.32 Å². The number of carbonyl (C=O) groups excluding carboxylic acids is 1. The summed E-state index contributed by atoms with van der Waals surface area (Å²) in [6, 6.07) is 14.1. The summed E-state index contributed by atoms with van der Waals surface area (Å²) >= 11 is 0. The molecule has 1 unspecified atom stereocenters. The highest BCUT2D eigenvalue weighted by atomic mass is 16.5. The van der Waals surface area contributed by atoms with Gasteiger partial charge in [-0.3, -0.25) is 4.79 Å². The number of amides is 1. The lowest BCUT2D eigenvalue weighted by Gasteiger charge is -2.21. The normalized spacial score (nSPS) is 12.4. The van der Waals surface area contributed by atoms with Crippen molar-refractivity contribution in [2.75, 3.05) is 13.2 Å². The van der Waals surface area contributed by atoms with Crippen LogP contribution in [0.25, 0.3) is 0 Å². The van der Waals surface area contributed by atoms with Crippen molar-refractivity contribution in [2.24, 2.45) is 0 Å². The lowest BCUT2D eigenvalue weighted by atomic mass is 9.87. The predicted molar refractivity (Wildman–Crippen MR) is 114 cm³/mol. The van der Waals surface area contributed by atoms with E-state index in [1.54, 1.807) is 0 Å². The number of hydrogen-bond donors (Lipinski definition) is 1. The number of nitrogens with one attached hydrogen (secondary N) is 1. The highest BCUT2D eigenvalue weighted by Crippen LogP contribution is 2.25. The summed E-state index contributed by atoms with van der Waals surface area (Å²) in [6.45, 7) is 13.4. The Labute approximate surface area is 169 Å². The van der Waals surface area contributed by atoms with E-state index in [0.29, 0.717) is 25.3 Å². The summed E-state index contributed by atoms with van der Waals surface area (Å²) in [5.74, 6) is 1.42. The van der Waals surface area contributed by atoms with E-state index in [9.17, 15) is 4.79 Å².